The highest BCUT2D eigenvalue weighted by molar-refractivity contribution is 7.11. The molecule has 0 aliphatic carbocycles. The lowest BCUT2D eigenvalue weighted by molar-refractivity contribution is 0.287. The molecule has 2 aromatic rings. The van der Waals surface area contributed by atoms with E-state index in [1.807, 2.05) is 24.3 Å². The molecule has 0 fully saturated rings. The van der Waals surface area contributed by atoms with Gasteiger partial charge in [-0.2, -0.15) is 0 Å². The lowest BCUT2D eigenvalue weighted by Gasteiger charge is -2.09. The zero-order valence-corrected chi connectivity index (χ0v) is 12.8. The molecule has 0 saturated carbocycles. The van der Waals surface area contributed by atoms with E-state index in [-0.39, 0.29) is 0 Å². The van der Waals surface area contributed by atoms with Crippen LogP contribution in [0.3, 0.4) is 0 Å². The Bertz CT molecular complexity index is 525. The van der Waals surface area contributed by atoms with Crippen LogP contribution in [0.2, 0.25) is 0 Å². The zero-order chi connectivity index (χ0) is 14.2. The van der Waals surface area contributed by atoms with Gasteiger partial charge in [-0.3, -0.25) is 0 Å². The van der Waals surface area contributed by atoms with E-state index in [0.717, 1.165) is 31.0 Å². The van der Waals surface area contributed by atoms with Crippen molar-refractivity contribution in [3.05, 3.63) is 46.2 Å². The molecule has 0 amide bonds. The van der Waals surface area contributed by atoms with Gasteiger partial charge in [0.15, 0.2) is 11.5 Å². The Balaban J connectivity index is 1.87. The van der Waals surface area contributed by atoms with Gasteiger partial charge in [-0.25, -0.2) is 0 Å². The van der Waals surface area contributed by atoms with Crippen LogP contribution in [-0.2, 0) is 13.2 Å². The highest BCUT2D eigenvalue weighted by Crippen LogP contribution is 2.27. The van der Waals surface area contributed by atoms with E-state index in [4.69, 9.17) is 9.47 Å². The van der Waals surface area contributed by atoms with Crippen molar-refractivity contribution in [3.8, 4) is 11.5 Å². The van der Waals surface area contributed by atoms with Crippen molar-refractivity contribution in [2.45, 2.75) is 26.5 Å². The second-order valence-electron chi connectivity index (χ2n) is 4.48. The molecule has 108 valence electrons. The van der Waals surface area contributed by atoms with Crippen LogP contribution in [0, 0.1) is 0 Å². The molecule has 0 aliphatic rings. The van der Waals surface area contributed by atoms with E-state index in [2.05, 4.69) is 24.4 Å². The minimum atomic E-state index is 0.582. The van der Waals surface area contributed by atoms with Gasteiger partial charge < -0.3 is 14.8 Å². The Hall–Kier alpha value is -1.52. The molecule has 4 heteroatoms. The van der Waals surface area contributed by atoms with Gasteiger partial charge in [-0.15, -0.1) is 11.3 Å². The van der Waals surface area contributed by atoms with E-state index in [0.29, 0.717) is 6.61 Å². The summed E-state index contributed by atoms with van der Waals surface area (Å²) >= 11 is 1.79. The number of hydrogen-bond donors (Lipinski definition) is 1. The van der Waals surface area contributed by atoms with Crippen LogP contribution < -0.4 is 14.8 Å². The molecule has 1 N–H and O–H groups in total. The van der Waals surface area contributed by atoms with Crippen LogP contribution in [0.5, 0.6) is 11.5 Å². The molecule has 1 heterocycles. The molecule has 1 aromatic carbocycles. The summed E-state index contributed by atoms with van der Waals surface area (Å²) in [6, 6.07) is 12.0. The first kappa shape index (κ1) is 14.9. The fourth-order valence-corrected chi connectivity index (χ4v) is 2.77. The molecule has 0 radical (unpaired) electrons. The maximum Gasteiger partial charge on any atom is 0.161 e. The lowest BCUT2D eigenvalue weighted by Crippen LogP contribution is -2.12. The highest BCUT2D eigenvalue weighted by atomic mass is 32.1. The van der Waals surface area contributed by atoms with Gasteiger partial charge in [0.2, 0.25) is 0 Å². The van der Waals surface area contributed by atoms with Crippen molar-refractivity contribution in [2.24, 2.45) is 0 Å². The maximum absolute atomic E-state index is 5.82. The number of ether oxygens (including phenoxy) is 2. The van der Waals surface area contributed by atoms with Crippen molar-refractivity contribution in [3.63, 3.8) is 0 Å². The fraction of sp³-hybridized carbons (Fsp3) is 0.375. The summed E-state index contributed by atoms with van der Waals surface area (Å²) in [5.41, 5.74) is 0. The third-order valence-corrected chi connectivity index (χ3v) is 3.94. The Labute approximate surface area is 124 Å². The van der Waals surface area contributed by atoms with Crippen LogP contribution in [0.4, 0.5) is 0 Å². The highest BCUT2D eigenvalue weighted by Gasteiger charge is 2.05. The van der Waals surface area contributed by atoms with Gasteiger partial charge in [-0.05, 0) is 37.2 Å². The quantitative estimate of drug-likeness (QED) is 0.750. The second kappa shape index (κ2) is 7.92. The summed E-state index contributed by atoms with van der Waals surface area (Å²) in [7, 11) is 1.66. The summed E-state index contributed by atoms with van der Waals surface area (Å²) < 4.78 is 11.1. The van der Waals surface area contributed by atoms with Crippen LogP contribution in [-0.4, -0.2) is 13.7 Å². The van der Waals surface area contributed by atoms with Crippen molar-refractivity contribution in [1.82, 2.24) is 5.32 Å². The largest absolute Gasteiger partial charge is 0.493 e. The predicted molar refractivity (Wildman–Crippen MR) is 83.6 cm³/mol. The molecular formula is C16H21NO2S. The van der Waals surface area contributed by atoms with Crippen LogP contribution >= 0.6 is 11.3 Å². The van der Waals surface area contributed by atoms with Gasteiger partial charge in [0.25, 0.3) is 0 Å². The average Bonchev–Trinajstić information content (AvgIpc) is 2.93. The molecule has 2 rings (SSSR count). The van der Waals surface area contributed by atoms with Gasteiger partial charge in [-0.1, -0.05) is 19.1 Å². The number of thiophene rings is 1. The normalized spacial score (nSPS) is 10.5. The van der Waals surface area contributed by atoms with Crippen LogP contribution in [0.25, 0.3) is 0 Å². The monoisotopic (exact) mass is 291 g/mol. The SMILES string of the molecule is CCCNCc1ccc(COc2ccccc2OC)s1. The van der Waals surface area contributed by atoms with E-state index >= 15 is 0 Å². The molecule has 1 aromatic heterocycles. The number of methoxy groups -OCH3 is 1. The molecule has 0 bridgehead atoms. The lowest BCUT2D eigenvalue weighted by atomic mass is 10.3. The number of nitrogens with one attached hydrogen (secondary N) is 1. The summed E-state index contributed by atoms with van der Waals surface area (Å²) in [4.78, 5) is 2.57. The first-order valence-electron chi connectivity index (χ1n) is 6.87. The summed E-state index contributed by atoms with van der Waals surface area (Å²) in [5.74, 6) is 1.56. The van der Waals surface area contributed by atoms with Crippen LogP contribution in [0.1, 0.15) is 23.1 Å². The average molecular weight is 291 g/mol. The second-order valence-corrected chi connectivity index (χ2v) is 5.74. The van der Waals surface area contributed by atoms with E-state index in [1.54, 1.807) is 18.4 Å². The fourth-order valence-electron chi connectivity index (χ4n) is 1.87. The molecule has 0 spiro atoms. The van der Waals surface area contributed by atoms with Crippen molar-refractivity contribution < 1.29 is 9.47 Å². The topological polar surface area (TPSA) is 30.5 Å². The van der Waals surface area contributed by atoms with E-state index < -0.39 is 0 Å². The molecular weight excluding hydrogens is 270 g/mol. The van der Waals surface area contributed by atoms with Crippen LogP contribution in [0.15, 0.2) is 36.4 Å². The predicted octanol–water partition coefficient (Wildman–Crippen LogP) is 3.84. The summed E-state index contributed by atoms with van der Waals surface area (Å²) in [6.07, 6.45) is 1.16. The first-order chi connectivity index (χ1) is 9.83. The molecule has 0 aliphatic heterocycles. The third kappa shape index (κ3) is 4.25. The maximum atomic E-state index is 5.82. The third-order valence-electron chi connectivity index (χ3n) is 2.88. The van der Waals surface area contributed by atoms with E-state index in [1.165, 1.54) is 9.75 Å². The minimum Gasteiger partial charge on any atom is -0.493 e. The van der Waals surface area contributed by atoms with Gasteiger partial charge in [0.1, 0.15) is 6.61 Å². The van der Waals surface area contributed by atoms with Crippen molar-refractivity contribution >= 4 is 11.3 Å². The summed E-state index contributed by atoms with van der Waals surface area (Å²) in [5, 5.41) is 3.41. The number of hydrogen-bond acceptors (Lipinski definition) is 4. The number of para-hydroxylation sites is 2. The first-order valence-corrected chi connectivity index (χ1v) is 7.69. The van der Waals surface area contributed by atoms with Crippen molar-refractivity contribution in [2.75, 3.05) is 13.7 Å². The van der Waals surface area contributed by atoms with E-state index in [9.17, 15) is 0 Å². The smallest absolute Gasteiger partial charge is 0.161 e. The Morgan fingerprint density at radius 2 is 1.80 bits per heavy atom. The Kier molecular flexibility index (Phi) is 5.89. The summed E-state index contributed by atoms with van der Waals surface area (Å²) in [6.45, 7) is 4.75. The van der Waals surface area contributed by atoms with Gasteiger partial charge >= 0.3 is 0 Å². The molecule has 0 unspecified atom stereocenters. The molecule has 3 nitrogen and oxygen atoms in total. The number of benzene rings is 1. The Morgan fingerprint density at radius 1 is 1.05 bits per heavy atom. The molecule has 0 saturated heterocycles. The molecule has 0 atom stereocenters. The Morgan fingerprint density at radius 3 is 2.55 bits per heavy atom. The van der Waals surface area contributed by atoms with Crippen molar-refractivity contribution in [1.29, 1.82) is 0 Å². The number of rotatable bonds is 8. The van der Waals surface area contributed by atoms with Gasteiger partial charge in [0, 0.05) is 16.3 Å². The minimum absolute atomic E-state index is 0.582. The standard InChI is InChI=1S/C16H21NO2S/c1-3-10-17-11-13-8-9-14(20-13)12-19-16-7-5-4-6-15(16)18-2/h4-9,17H,3,10-12H2,1-2H3. The van der Waals surface area contributed by atoms with Gasteiger partial charge in [0.05, 0.1) is 7.11 Å². The molecule has 20 heavy (non-hydrogen) atoms. The zero-order valence-electron chi connectivity index (χ0n) is 12.0.